The second-order valence-electron chi connectivity index (χ2n) is 5.49. The first-order chi connectivity index (χ1) is 10.1. The highest BCUT2D eigenvalue weighted by Crippen LogP contribution is 2.31. The molecule has 6 nitrogen and oxygen atoms in total. The Kier molecular flexibility index (Phi) is 3.47. The van der Waals surface area contributed by atoms with Crippen LogP contribution < -0.4 is 16.2 Å². The van der Waals surface area contributed by atoms with Crippen molar-refractivity contribution in [1.29, 1.82) is 0 Å². The summed E-state index contributed by atoms with van der Waals surface area (Å²) in [6, 6.07) is 3.83. The Bertz CT molecular complexity index is 715. The number of aromatic nitrogens is 2. The van der Waals surface area contributed by atoms with Gasteiger partial charge in [-0.05, 0) is 26.0 Å². The number of hydrogen-bond acceptors (Lipinski definition) is 4. The van der Waals surface area contributed by atoms with Crippen LogP contribution in [0.25, 0.3) is 0 Å². The molecule has 6 heteroatoms. The van der Waals surface area contributed by atoms with Gasteiger partial charge in [-0.15, -0.1) is 0 Å². The average Bonchev–Trinajstić information content (AvgIpc) is 2.80. The van der Waals surface area contributed by atoms with E-state index in [0.717, 1.165) is 16.9 Å². The number of ether oxygens (including phenoxy) is 2. The van der Waals surface area contributed by atoms with E-state index in [-0.39, 0.29) is 18.5 Å². The minimum atomic E-state index is -0.0340. The average molecular weight is 289 g/mol. The maximum atomic E-state index is 12.3. The fourth-order valence-electron chi connectivity index (χ4n) is 2.57. The Hall–Kier alpha value is -2.21. The molecule has 2 heterocycles. The normalized spacial score (nSPS) is 14.0. The van der Waals surface area contributed by atoms with Crippen LogP contribution >= 0.6 is 0 Å². The molecule has 0 fully saturated rings. The van der Waals surface area contributed by atoms with Gasteiger partial charge >= 0.3 is 5.69 Å². The molecule has 0 aliphatic carbocycles. The lowest BCUT2D eigenvalue weighted by molar-refractivity contribution is -0.0170. The van der Waals surface area contributed by atoms with Crippen LogP contribution in [0.1, 0.15) is 31.0 Å². The van der Waals surface area contributed by atoms with Crippen LogP contribution in [0.3, 0.4) is 0 Å². The second-order valence-corrected chi connectivity index (χ2v) is 5.49. The van der Waals surface area contributed by atoms with Crippen molar-refractivity contribution in [2.24, 2.45) is 0 Å². The second kappa shape index (κ2) is 5.29. The third-order valence-electron chi connectivity index (χ3n) is 3.58. The van der Waals surface area contributed by atoms with E-state index in [9.17, 15) is 4.79 Å². The minimum Gasteiger partial charge on any atom is -0.467 e. The Morgan fingerprint density at radius 3 is 2.86 bits per heavy atom. The molecule has 1 aliphatic rings. The molecule has 0 bridgehead atoms. The van der Waals surface area contributed by atoms with Gasteiger partial charge in [0, 0.05) is 35.2 Å². The van der Waals surface area contributed by atoms with Crippen molar-refractivity contribution in [3.63, 3.8) is 0 Å². The molecule has 2 N–H and O–H groups in total. The van der Waals surface area contributed by atoms with Crippen LogP contribution in [0.4, 0.5) is 5.69 Å². The number of anilines is 1. The molecular weight excluding hydrogens is 270 g/mol. The van der Waals surface area contributed by atoms with Gasteiger partial charge in [-0.3, -0.25) is 9.13 Å². The van der Waals surface area contributed by atoms with Crippen LogP contribution in [0.15, 0.2) is 29.3 Å². The number of hydrogen-bond donors (Lipinski definition) is 1. The third-order valence-corrected chi connectivity index (χ3v) is 3.58. The molecule has 2 aromatic rings. The van der Waals surface area contributed by atoms with Crippen molar-refractivity contribution in [1.82, 2.24) is 9.13 Å². The lowest BCUT2D eigenvalue weighted by atomic mass is 10.1. The van der Waals surface area contributed by atoms with E-state index in [1.165, 1.54) is 0 Å². The number of benzene rings is 1. The van der Waals surface area contributed by atoms with Gasteiger partial charge in [-0.25, -0.2) is 4.79 Å². The molecule has 1 aliphatic heterocycles. The molecule has 0 spiro atoms. The Morgan fingerprint density at radius 1 is 1.33 bits per heavy atom. The van der Waals surface area contributed by atoms with Crippen molar-refractivity contribution < 1.29 is 9.47 Å². The summed E-state index contributed by atoms with van der Waals surface area (Å²) in [4.78, 5) is 12.3. The van der Waals surface area contributed by atoms with Gasteiger partial charge in [-0.1, -0.05) is 0 Å². The molecule has 0 radical (unpaired) electrons. The molecule has 1 aromatic heterocycles. The van der Waals surface area contributed by atoms with Crippen molar-refractivity contribution in [3.05, 3.63) is 46.1 Å². The fraction of sp³-hybridized carbons (Fsp3) is 0.400. The number of nitrogens with two attached hydrogens (primary N) is 1. The number of rotatable bonds is 3. The van der Waals surface area contributed by atoms with E-state index in [2.05, 4.69) is 0 Å². The monoisotopic (exact) mass is 289 g/mol. The molecule has 1 aromatic carbocycles. The van der Waals surface area contributed by atoms with Crippen LogP contribution in [0.5, 0.6) is 5.75 Å². The van der Waals surface area contributed by atoms with E-state index in [1.807, 2.05) is 26.0 Å². The number of imidazole rings is 1. The maximum Gasteiger partial charge on any atom is 0.328 e. The Balaban J connectivity index is 1.99. The lowest BCUT2D eigenvalue weighted by Crippen LogP contribution is -2.26. The zero-order valence-electron chi connectivity index (χ0n) is 12.2. The van der Waals surface area contributed by atoms with Crippen LogP contribution in [0, 0.1) is 0 Å². The van der Waals surface area contributed by atoms with Gasteiger partial charge < -0.3 is 15.2 Å². The first-order valence-electron chi connectivity index (χ1n) is 6.95. The summed E-state index contributed by atoms with van der Waals surface area (Å²) in [5, 5.41) is 0. The van der Waals surface area contributed by atoms with Crippen molar-refractivity contribution >= 4 is 5.69 Å². The summed E-state index contributed by atoms with van der Waals surface area (Å²) in [7, 11) is 0. The summed E-state index contributed by atoms with van der Waals surface area (Å²) in [6.07, 6.45) is 3.59. The molecule has 0 unspecified atom stereocenters. The molecule has 0 saturated carbocycles. The standard InChI is InChI=1S/C15H19N3O3/c1-10(2)18-4-3-17(15(18)19)7-11-5-13(16)6-12-8-20-9-21-14(11)12/h3-6,10H,7-9,16H2,1-2H3. The van der Waals surface area contributed by atoms with Gasteiger partial charge in [-0.2, -0.15) is 0 Å². The number of nitrogen functional groups attached to an aromatic ring is 1. The van der Waals surface area contributed by atoms with E-state index in [4.69, 9.17) is 15.2 Å². The van der Waals surface area contributed by atoms with Crippen LogP contribution in [-0.4, -0.2) is 15.9 Å². The first kappa shape index (κ1) is 13.8. The van der Waals surface area contributed by atoms with Gasteiger partial charge in [0.05, 0.1) is 13.2 Å². The molecule has 21 heavy (non-hydrogen) atoms. The first-order valence-corrected chi connectivity index (χ1v) is 6.95. The van der Waals surface area contributed by atoms with E-state index in [0.29, 0.717) is 18.8 Å². The summed E-state index contributed by atoms with van der Waals surface area (Å²) in [6.45, 7) is 5.11. The number of fused-ring (bicyclic) bond motifs is 1. The van der Waals surface area contributed by atoms with E-state index < -0.39 is 0 Å². The minimum absolute atomic E-state index is 0.0340. The molecule has 0 saturated heterocycles. The highest BCUT2D eigenvalue weighted by Gasteiger charge is 2.17. The summed E-state index contributed by atoms with van der Waals surface area (Å²) < 4.78 is 14.2. The van der Waals surface area contributed by atoms with Crippen molar-refractivity contribution in [2.45, 2.75) is 33.0 Å². The van der Waals surface area contributed by atoms with Crippen LogP contribution in [-0.2, 0) is 17.9 Å². The number of nitrogens with zero attached hydrogens (tertiary/aromatic N) is 2. The fourth-order valence-corrected chi connectivity index (χ4v) is 2.57. The SMILES string of the molecule is CC(C)n1ccn(Cc2cc(N)cc3c2OCOC3)c1=O. The van der Waals surface area contributed by atoms with Gasteiger partial charge in [0.2, 0.25) is 0 Å². The smallest absolute Gasteiger partial charge is 0.328 e. The highest BCUT2D eigenvalue weighted by molar-refractivity contribution is 5.53. The quantitative estimate of drug-likeness (QED) is 0.873. The largest absolute Gasteiger partial charge is 0.467 e. The topological polar surface area (TPSA) is 71.4 Å². The van der Waals surface area contributed by atoms with E-state index >= 15 is 0 Å². The maximum absolute atomic E-state index is 12.3. The highest BCUT2D eigenvalue weighted by atomic mass is 16.7. The molecular formula is C15H19N3O3. The molecule has 0 atom stereocenters. The Morgan fingerprint density at radius 2 is 2.14 bits per heavy atom. The zero-order chi connectivity index (χ0) is 15.0. The van der Waals surface area contributed by atoms with Gasteiger partial charge in [0.1, 0.15) is 5.75 Å². The van der Waals surface area contributed by atoms with Crippen molar-refractivity contribution in [3.8, 4) is 5.75 Å². The van der Waals surface area contributed by atoms with Crippen molar-refractivity contribution in [2.75, 3.05) is 12.5 Å². The molecule has 0 amide bonds. The van der Waals surface area contributed by atoms with Crippen LogP contribution in [0.2, 0.25) is 0 Å². The molecule has 3 rings (SSSR count). The van der Waals surface area contributed by atoms with E-state index in [1.54, 1.807) is 21.5 Å². The van der Waals surface area contributed by atoms with Gasteiger partial charge in [0.25, 0.3) is 0 Å². The molecule has 112 valence electrons. The summed E-state index contributed by atoms with van der Waals surface area (Å²) in [5.41, 5.74) is 8.36. The third kappa shape index (κ3) is 2.54. The summed E-state index contributed by atoms with van der Waals surface area (Å²) >= 11 is 0. The Labute approximate surface area is 122 Å². The predicted octanol–water partition coefficient (Wildman–Crippen LogP) is 1.73. The summed E-state index contributed by atoms with van der Waals surface area (Å²) in [5.74, 6) is 0.777. The zero-order valence-corrected chi connectivity index (χ0v) is 12.2. The van der Waals surface area contributed by atoms with Gasteiger partial charge in [0.15, 0.2) is 6.79 Å². The predicted molar refractivity (Wildman–Crippen MR) is 79.3 cm³/mol. The lowest BCUT2D eigenvalue weighted by Gasteiger charge is -2.21.